The van der Waals surface area contributed by atoms with Crippen LogP contribution in [-0.2, 0) is 15.3 Å². The summed E-state index contributed by atoms with van der Waals surface area (Å²) in [5.41, 5.74) is 0.951. The molecule has 0 aromatic heterocycles. The summed E-state index contributed by atoms with van der Waals surface area (Å²) in [6.07, 6.45) is 3.61. The highest BCUT2D eigenvalue weighted by molar-refractivity contribution is 7.94. The molecule has 1 saturated carbocycles. The Kier molecular flexibility index (Phi) is 3.56. The number of halogens is 1. The van der Waals surface area contributed by atoms with E-state index in [0.717, 1.165) is 23.3 Å². The number of hydrogen-bond donors (Lipinski definition) is 1. The summed E-state index contributed by atoms with van der Waals surface area (Å²) in [4.78, 5) is 1.09. The van der Waals surface area contributed by atoms with Gasteiger partial charge in [-0.1, -0.05) is 18.2 Å². The lowest BCUT2D eigenvalue weighted by Crippen LogP contribution is -2.12. The summed E-state index contributed by atoms with van der Waals surface area (Å²) in [5, 5.41) is 0.633. The number of sulfone groups is 1. The first kappa shape index (κ1) is 14.0. The molecule has 1 aliphatic carbocycles. The molecule has 0 saturated heterocycles. The molecule has 1 fully saturated rings. The molecular weight excluding hydrogens is 288 g/mol. The Balaban J connectivity index is 2.30. The van der Waals surface area contributed by atoms with Crippen LogP contribution in [0.4, 0.5) is 0 Å². The second-order valence-electron chi connectivity index (χ2n) is 4.97. The van der Waals surface area contributed by atoms with Gasteiger partial charge in [0.2, 0.25) is 0 Å². The van der Waals surface area contributed by atoms with E-state index in [0.29, 0.717) is 16.3 Å². The summed E-state index contributed by atoms with van der Waals surface area (Å²) in [5.74, 6) is 0. The maximum absolute atomic E-state index is 11.5. The van der Waals surface area contributed by atoms with Crippen LogP contribution >= 0.6 is 24.2 Å². The second-order valence-corrected chi connectivity index (χ2v) is 8.04. The summed E-state index contributed by atoms with van der Waals surface area (Å²) in [7, 11) is -3.17. The van der Waals surface area contributed by atoms with Crippen molar-refractivity contribution in [2.75, 3.05) is 6.26 Å². The van der Waals surface area contributed by atoms with Crippen LogP contribution in [0.2, 0.25) is 5.02 Å². The summed E-state index contributed by atoms with van der Waals surface area (Å²) < 4.78 is 22.9. The van der Waals surface area contributed by atoms with Gasteiger partial charge in [0.05, 0.1) is 0 Å². The minimum absolute atomic E-state index is 0.109. The Morgan fingerprint density at radius 2 is 2.06 bits per heavy atom. The lowest BCUT2D eigenvalue weighted by Gasteiger charge is -2.17. The van der Waals surface area contributed by atoms with Gasteiger partial charge >= 0.3 is 0 Å². The van der Waals surface area contributed by atoms with E-state index >= 15 is 0 Å². The van der Waals surface area contributed by atoms with Crippen molar-refractivity contribution in [2.45, 2.75) is 29.6 Å². The van der Waals surface area contributed by atoms with E-state index in [1.165, 1.54) is 6.26 Å². The van der Waals surface area contributed by atoms with Gasteiger partial charge < -0.3 is 0 Å². The van der Waals surface area contributed by atoms with Crippen molar-refractivity contribution in [3.05, 3.63) is 40.3 Å². The predicted molar refractivity (Wildman–Crippen MR) is 78.2 cm³/mol. The highest BCUT2D eigenvalue weighted by Gasteiger charge is 2.45. The number of thiol groups is 1. The molecule has 1 aromatic carbocycles. The molecule has 2 nitrogen and oxygen atoms in total. The Hall–Kier alpha value is -0.450. The molecule has 1 aliphatic rings. The SMILES string of the molecule is C=C(CC1(c2cc(S)cc(Cl)c2)CC1)S(C)(=O)=O. The molecule has 0 bridgehead atoms. The van der Waals surface area contributed by atoms with Gasteiger partial charge in [0.1, 0.15) is 0 Å². The maximum Gasteiger partial charge on any atom is 0.171 e. The molecule has 1 aromatic rings. The first-order valence-corrected chi connectivity index (χ1v) is 8.32. The zero-order valence-electron chi connectivity index (χ0n) is 10.1. The number of hydrogen-bond acceptors (Lipinski definition) is 3. The fourth-order valence-electron chi connectivity index (χ4n) is 2.11. The van der Waals surface area contributed by atoms with Crippen molar-refractivity contribution in [2.24, 2.45) is 0 Å². The van der Waals surface area contributed by atoms with Crippen LogP contribution in [0.5, 0.6) is 0 Å². The molecule has 0 atom stereocenters. The van der Waals surface area contributed by atoms with E-state index in [1.54, 1.807) is 6.07 Å². The highest BCUT2D eigenvalue weighted by Crippen LogP contribution is 2.53. The molecule has 2 rings (SSSR count). The van der Waals surface area contributed by atoms with E-state index in [4.69, 9.17) is 11.6 Å². The Morgan fingerprint density at radius 3 is 2.50 bits per heavy atom. The average Bonchev–Trinajstić information content (AvgIpc) is 2.95. The van der Waals surface area contributed by atoms with Crippen LogP contribution in [-0.4, -0.2) is 14.7 Å². The quantitative estimate of drug-likeness (QED) is 0.862. The minimum atomic E-state index is -3.17. The summed E-state index contributed by atoms with van der Waals surface area (Å²) in [6.45, 7) is 3.68. The van der Waals surface area contributed by atoms with Gasteiger partial charge in [-0.05, 0) is 43.0 Å². The molecule has 0 heterocycles. The third kappa shape index (κ3) is 2.92. The van der Waals surface area contributed by atoms with Crippen molar-refractivity contribution in [1.29, 1.82) is 0 Å². The zero-order valence-corrected chi connectivity index (χ0v) is 12.6. The predicted octanol–water partition coefficient (Wildman–Crippen LogP) is 3.61. The molecular formula is C13H15ClO2S2. The van der Waals surface area contributed by atoms with Gasteiger partial charge in [-0.2, -0.15) is 0 Å². The van der Waals surface area contributed by atoms with Crippen LogP contribution < -0.4 is 0 Å². The molecule has 0 unspecified atom stereocenters. The van der Waals surface area contributed by atoms with E-state index < -0.39 is 9.84 Å². The van der Waals surface area contributed by atoms with Crippen molar-refractivity contribution < 1.29 is 8.42 Å². The monoisotopic (exact) mass is 302 g/mol. The summed E-state index contributed by atoms with van der Waals surface area (Å²) in [6, 6.07) is 5.62. The Morgan fingerprint density at radius 1 is 1.44 bits per heavy atom. The molecule has 0 aliphatic heterocycles. The standard InChI is InChI=1S/C13H15ClO2S2/c1-9(18(2,15)16)8-13(3-4-13)10-5-11(14)7-12(17)6-10/h5-7,17H,1,3-4,8H2,2H3. The van der Waals surface area contributed by atoms with Crippen molar-refractivity contribution in [1.82, 2.24) is 0 Å². The van der Waals surface area contributed by atoms with Gasteiger partial charge in [0, 0.05) is 26.5 Å². The van der Waals surface area contributed by atoms with Crippen LogP contribution in [0.25, 0.3) is 0 Å². The van der Waals surface area contributed by atoms with E-state index in [2.05, 4.69) is 19.2 Å². The number of allylic oxidation sites excluding steroid dienone is 1. The zero-order chi connectivity index (χ0) is 13.6. The van der Waals surface area contributed by atoms with Crippen LogP contribution in [0.3, 0.4) is 0 Å². The smallest absolute Gasteiger partial charge is 0.171 e. The lowest BCUT2D eigenvalue weighted by atomic mass is 9.92. The largest absolute Gasteiger partial charge is 0.224 e. The van der Waals surface area contributed by atoms with Gasteiger partial charge in [-0.25, -0.2) is 8.42 Å². The third-order valence-electron chi connectivity index (χ3n) is 3.41. The first-order valence-electron chi connectivity index (χ1n) is 5.61. The van der Waals surface area contributed by atoms with Crippen LogP contribution in [0.15, 0.2) is 34.6 Å². The van der Waals surface area contributed by atoms with Crippen LogP contribution in [0.1, 0.15) is 24.8 Å². The third-order valence-corrected chi connectivity index (χ3v) is 5.08. The molecule has 0 amide bonds. The van der Waals surface area contributed by atoms with Crippen LogP contribution in [0, 0.1) is 0 Å². The van der Waals surface area contributed by atoms with E-state index in [-0.39, 0.29) is 5.41 Å². The van der Waals surface area contributed by atoms with Crippen molar-refractivity contribution in [3.8, 4) is 0 Å². The number of benzene rings is 1. The summed E-state index contributed by atoms with van der Waals surface area (Å²) >= 11 is 10.3. The van der Waals surface area contributed by atoms with Gasteiger partial charge in [0.25, 0.3) is 0 Å². The minimum Gasteiger partial charge on any atom is -0.224 e. The van der Waals surface area contributed by atoms with E-state index in [9.17, 15) is 8.42 Å². The van der Waals surface area contributed by atoms with Gasteiger partial charge in [-0.15, -0.1) is 12.6 Å². The van der Waals surface area contributed by atoms with Crippen molar-refractivity contribution in [3.63, 3.8) is 0 Å². The molecule has 0 N–H and O–H groups in total. The topological polar surface area (TPSA) is 34.1 Å². The molecule has 0 radical (unpaired) electrons. The second kappa shape index (κ2) is 4.58. The number of rotatable bonds is 4. The molecule has 0 spiro atoms. The lowest BCUT2D eigenvalue weighted by molar-refractivity contribution is 0.600. The Bertz CT molecular complexity index is 581. The fraction of sp³-hybridized carbons (Fsp3) is 0.385. The normalized spacial score (nSPS) is 17.5. The molecule has 18 heavy (non-hydrogen) atoms. The van der Waals surface area contributed by atoms with E-state index in [1.807, 2.05) is 12.1 Å². The fourth-order valence-corrected chi connectivity index (χ4v) is 3.24. The Labute approximate surface area is 118 Å². The average molecular weight is 303 g/mol. The molecule has 98 valence electrons. The van der Waals surface area contributed by atoms with Gasteiger partial charge in [0.15, 0.2) is 9.84 Å². The first-order chi connectivity index (χ1) is 8.23. The highest BCUT2D eigenvalue weighted by atomic mass is 35.5. The maximum atomic E-state index is 11.5. The van der Waals surface area contributed by atoms with Gasteiger partial charge in [-0.3, -0.25) is 0 Å². The molecule has 5 heteroatoms. The van der Waals surface area contributed by atoms with Crippen molar-refractivity contribution >= 4 is 34.1 Å².